The van der Waals surface area contributed by atoms with Crippen LogP contribution in [0.2, 0.25) is 0 Å². The van der Waals surface area contributed by atoms with Crippen molar-refractivity contribution in [3.05, 3.63) is 18.3 Å². The minimum absolute atomic E-state index is 0.264. The van der Waals surface area contributed by atoms with Crippen molar-refractivity contribution >= 4 is 15.8 Å². The highest BCUT2D eigenvalue weighted by atomic mass is 32.2. The zero-order valence-corrected chi connectivity index (χ0v) is 12.9. The maximum Gasteiger partial charge on any atom is 0.244 e. The number of pyridine rings is 1. The fourth-order valence-electron chi connectivity index (χ4n) is 2.34. The number of rotatable bonds is 5. The minimum atomic E-state index is -3.41. The number of aromatic nitrogens is 1. The molecule has 0 bridgehead atoms. The molecule has 0 atom stereocenters. The molecule has 0 saturated carbocycles. The second kappa shape index (κ2) is 6.51. The zero-order valence-electron chi connectivity index (χ0n) is 12.0. The van der Waals surface area contributed by atoms with Gasteiger partial charge in [0.05, 0.1) is 0 Å². The monoisotopic (exact) mass is 298 g/mol. The van der Waals surface area contributed by atoms with E-state index in [9.17, 15) is 8.42 Å². The van der Waals surface area contributed by atoms with Crippen molar-refractivity contribution < 1.29 is 8.42 Å². The summed E-state index contributed by atoms with van der Waals surface area (Å²) >= 11 is 0. The quantitative estimate of drug-likeness (QED) is 0.872. The van der Waals surface area contributed by atoms with E-state index in [2.05, 4.69) is 22.1 Å². The van der Waals surface area contributed by atoms with Crippen LogP contribution in [-0.4, -0.2) is 62.4 Å². The molecule has 6 nitrogen and oxygen atoms in total. The van der Waals surface area contributed by atoms with Crippen LogP contribution in [0.15, 0.2) is 23.2 Å². The van der Waals surface area contributed by atoms with Gasteiger partial charge in [0, 0.05) is 39.4 Å². The molecule has 1 N–H and O–H groups in total. The van der Waals surface area contributed by atoms with E-state index in [1.54, 1.807) is 23.5 Å². The summed E-state index contributed by atoms with van der Waals surface area (Å²) in [5.41, 5.74) is 0. The number of hydrogen-bond acceptors (Lipinski definition) is 5. The van der Waals surface area contributed by atoms with E-state index in [0.29, 0.717) is 18.9 Å². The minimum Gasteiger partial charge on any atom is -0.373 e. The van der Waals surface area contributed by atoms with Gasteiger partial charge in [0.1, 0.15) is 10.7 Å². The van der Waals surface area contributed by atoms with Gasteiger partial charge < -0.3 is 10.2 Å². The van der Waals surface area contributed by atoms with Gasteiger partial charge in [-0.05, 0) is 25.1 Å². The molecule has 0 amide bonds. The van der Waals surface area contributed by atoms with Crippen molar-refractivity contribution in [2.45, 2.75) is 18.2 Å². The lowest BCUT2D eigenvalue weighted by Crippen LogP contribution is -2.48. The maximum atomic E-state index is 12.5. The molecule has 0 radical (unpaired) electrons. The van der Waals surface area contributed by atoms with Crippen LogP contribution in [0.3, 0.4) is 0 Å². The highest BCUT2D eigenvalue weighted by molar-refractivity contribution is 7.89. The number of hydrogen-bond donors (Lipinski definition) is 1. The van der Waals surface area contributed by atoms with Crippen LogP contribution in [0.1, 0.15) is 13.3 Å². The summed E-state index contributed by atoms with van der Waals surface area (Å²) < 4.78 is 26.5. The lowest BCUT2D eigenvalue weighted by atomic mass is 10.3. The average Bonchev–Trinajstić information content (AvgIpc) is 2.48. The van der Waals surface area contributed by atoms with Crippen LogP contribution in [0.5, 0.6) is 0 Å². The van der Waals surface area contributed by atoms with E-state index in [4.69, 9.17) is 0 Å². The molecule has 20 heavy (non-hydrogen) atoms. The first kappa shape index (κ1) is 15.2. The van der Waals surface area contributed by atoms with Gasteiger partial charge in [0.2, 0.25) is 10.0 Å². The Bertz CT molecular complexity index is 522. The number of nitrogens with one attached hydrogen (secondary N) is 1. The van der Waals surface area contributed by atoms with Gasteiger partial charge in [-0.3, -0.25) is 0 Å². The van der Waals surface area contributed by atoms with Crippen LogP contribution >= 0.6 is 0 Å². The second-order valence-electron chi connectivity index (χ2n) is 4.87. The molecule has 1 aromatic rings. The fraction of sp³-hybridized carbons (Fsp3) is 0.615. The Morgan fingerprint density at radius 1 is 1.25 bits per heavy atom. The second-order valence-corrected chi connectivity index (χ2v) is 6.81. The Morgan fingerprint density at radius 2 is 1.95 bits per heavy atom. The normalized spacial score (nSPS) is 18.1. The SMILES string of the molecule is CCCN1CCN(S(=O)(=O)c2ccc(NC)nc2)CC1. The lowest BCUT2D eigenvalue weighted by molar-refractivity contribution is 0.188. The molecule has 0 unspecified atom stereocenters. The largest absolute Gasteiger partial charge is 0.373 e. The van der Waals surface area contributed by atoms with Gasteiger partial charge in [-0.2, -0.15) is 4.31 Å². The van der Waals surface area contributed by atoms with E-state index in [0.717, 1.165) is 26.1 Å². The average molecular weight is 298 g/mol. The summed E-state index contributed by atoms with van der Waals surface area (Å²) in [6.07, 6.45) is 2.52. The van der Waals surface area contributed by atoms with E-state index in [1.165, 1.54) is 6.20 Å². The van der Waals surface area contributed by atoms with Crippen molar-refractivity contribution in [3.8, 4) is 0 Å². The highest BCUT2D eigenvalue weighted by Crippen LogP contribution is 2.18. The van der Waals surface area contributed by atoms with Gasteiger partial charge in [-0.25, -0.2) is 13.4 Å². The van der Waals surface area contributed by atoms with Crippen molar-refractivity contribution in [1.82, 2.24) is 14.2 Å². The van der Waals surface area contributed by atoms with Gasteiger partial charge in [0.25, 0.3) is 0 Å². The number of nitrogens with zero attached hydrogens (tertiary/aromatic N) is 3. The van der Waals surface area contributed by atoms with Crippen molar-refractivity contribution in [2.75, 3.05) is 45.1 Å². The summed E-state index contributed by atoms with van der Waals surface area (Å²) in [6, 6.07) is 3.28. The standard InChI is InChI=1S/C13H22N4O2S/c1-3-6-16-7-9-17(10-8-16)20(18,19)12-4-5-13(14-2)15-11-12/h4-5,11H,3,6-10H2,1-2H3,(H,14,15). The molecular formula is C13H22N4O2S. The summed E-state index contributed by atoms with van der Waals surface area (Å²) in [6.45, 7) is 5.88. The first-order valence-corrected chi connectivity index (χ1v) is 8.38. The van der Waals surface area contributed by atoms with Crippen LogP contribution in [0.25, 0.3) is 0 Å². The van der Waals surface area contributed by atoms with Gasteiger partial charge >= 0.3 is 0 Å². The van der Waals surface area contributed by atoms with Gasteiger partial charge in [-0.1, -0.05) is 6.92 Å². The first-order chi connectivity index (χ1) is 9.57. The molecule has 1 aromatic heterocycles. The number of anilines is 1. The van der Waals surface area contributed by atoms with Crippen LogP contribution in [0.4, 0.5) is 5.82 Å². The Hall–Kier alpha value is -1.18. The van der Waals surface area contributed by atoms with Crippen molar-refractivity contribution in [3.63, 3.8) is 0 Å². The Balaban J connectivity index is 2.07. The molecule has 7 heteroatoms. The molecule has 1 fully saturated rings. The third-order valence-corrected chi connectivity index (χ3v) is 5.38. The van der Waals surface area contributed by atoms with Crippen molar-refractivity contribution in [1.29, 1.82) is 0 Å². The predicted octanol–water partition coefficient (Wildman–Crippen LogP) is 0.840. The van der Waals surface area contributed by atoms with E-state index in [-0.39, 0.29) is 4.90 Å². The summed E-state index contributed by atoms with van der Waals surface area (Å²) in [4.78, 5) is 6.64. The Morgan fingerprint density at radius 3 is 2.45 bits per heavy atom. The summed E-state index contributed by atoms with van der Waals surface area (Å²) in [5, 5.41) is 2.88. The van der Waals surface area contributed by atoms with Gasteiger partial charge in [0.15, 0.2) is 0 Å². The van der Waals surface area contributed by atoms with E-state index >= 15 is 0 Å². The molecule has 2 rings (SSSR count). The van der Waals surface area contributed by atoms with Crippen LogP contribution in [0, 0.1) is 0 Å². The van der Waals surface area contributed by atoms with Crippen molar-refractivity contribution in [2.24, 2.45) is 0 Å². The number of piperazine rings is 1. The topological polar surface area (TPSA) is 65.5 Å². The Kier molecular flexibility index (Phi) is 4.95. The highest BCUT2D eigenvalue weighted by Gasteiger charge is 2.28. The molecular weight excluding hydrogens is 276 g/mol. The third-order valence-electron chi connectivity index (χ3n) is 3.50. The molecule has 0 spiro atoms. The zero-order chi connectivity index (χ0) is 14.6. The molecule has 1 saturated heterocycles. The lowest BCUT2D eigenvalue weighted by Gasteiger charge is -2.33. The van der Waals surface area contributed by atoms with E-state index in [1.807, 2.05) is 0 Å². The summed E-state index contributed by atoms with van der Waals surface area (Å²) in [5.74, 6) is 0.664. The number of sulfonamides is 1. The predicted molar refractivity (Wildman–Crippen MR) is 79.3 cm³/mol. The smallest absolute Gasteiger partial charge is 0.244 e. The maximum absolute atomic E-state index is 12.5. The molecule has 0 aliphatic carbocycles. The van der Waals surface area contributed by atoms with Crippen LogP contribution < -0.4 is 5.32 Å². The summed E-state index contributed by atoms with van der Waals surface area (Å²) in [7, 11) is -1.66. The molecule has 1 aliphatic heterocycles. The van der Waals surface area contributed by atoms with Gasteiger partial charge in [-0.15, -0.1) is 0 Å². The molecule has 1 aliphatic rings. The van der Waals surface area contributed by atoms with E-state index < -0.39 is 10.0 Å². The first-order valence-electron chi connectivity index (χ1n) is 6.94. The molecule has 112 valence electrons. The molecule has 0 aromatic carbocycles. The van der Waals surface area contributed by atoms with Crippen LogP contribution in [-0.2, 0) is 10.0 Å². The third kappa shape index (κ3) is 3.28. The fourth-order valence-corrected chi connectivity index (χ4v) is 3.71. The molecule has 2 heterocycles. The Labute approximate surface area is 120 Å².